The van der Waals surface area contributed by atoms with Gasteiger partial charge >= 0.3 is 0 Å². The first-order valence-electron chi connectivity index (χ1n) is 8.75. The van der Waals surface area contributed by atoms with Crippen LogP contribution in [-0.4, -0.2) is 40.7 Å². The van der Waals surface area contributed by atoms with E-state index in [1.54, 1.807) is 0 Å². The third-order valence-corrected chi connectivity index (χ3v) is 5.13. The molecule has 0 radical (unpaired) electrons. The van der Waals surface area contributed by atoms with Crippen LogP contribution in [0.25, 0.3) is 0 Å². The van der Waals surface area contributed by atoms with Gasteiger partial charge in [-0.2, -0.15) is 5.10 Å². The number of carbonyl (C=O) groups excluding carboxylic acids is 1. The van der Waals surface area contributed by atoms with Gasteiger partial charge in [0.1, 0.15) is 5.75 Å². The molecule has 0 saturated carbocycles. The number of H-pyrrole nitrogens is 1. The maximum absolute atomic E-state index is 13.1. The van der Waals surface area contributed by atoms with E-state index in [1.165, 1.54) is 0 Å². The molecule has 5 nitrogen and oxygen atoms in total. The lowest BCUT2D eigenvalue weighted by molar-refractivity contribution is -0.134. The number of likely N-dealkylation sites (tertiary alicyclic amines) is 1. The van der Waals surface area contributed by atoms with E-state index in [1.807, 2.05) is 36.1 Å². The smallest absolute Gasteiger partial charge is 0.230 e. The number of nitrogens with zero attached hydrogens (tertiary/aromatic N) is 2. The lowest BCUT2D eigenvalue weighted by Crippen LogP contribution is -2.42. The second-order valence-electron chi connectivity index (χ2n) is 6.83. The van der Waals surface area contributed by atoms with Gasteiger partial charge in [0.05, 0.1) is 18.2 Å². The molecular formula is C19H23N3O2. The Morgan fingerprint density at radius 1 is 1.33 bits per heavy atom. The summed E-state index contributed by atoms with van der Waals surface area (Å²) < 4.78 is 5.70. The number of hydrogen-bond acceptors (Lipinski definition) is 3. The maximum Gasteiger partial charge on any atom is 0.230 e. The molecule has 0 spiro atoms. The fourth-order valence-corrected chi connectivity index (χ4v) is 3.89. The summed E-state index contributed by atoms with van der Waals surface area (Å²) in [5.74, 6) is 1.36. The first kappa shape index (κ1) is 15.2. The summed E-state index contributed by atoms with van der Waals surface area (Å²) >= 11 is 0. The Hall–Kier alpha value is -2.30. The Morgan fingerprint density at radius 2 is 2.21 bits per heavy atom. The summed E-state index contributed by atoms with van der Waals surface area (Å²) in [7, 11) is 0. The molecule has 4 rings (SSSR count). The number of aryl methyl sites for hydroxylation is 1. The van der Waals surface area contributed by atoms with Crippen LogP contribution in [0.2, 0.25) is 0 Å². The van der Waals surface area contributed by atoms with Crippen molar-refractivity contribution in [3.63, 3.8) is 0 Å². The molecule has 2 aliphatic rings. The number of amides is 1. The van der Waals surface area contributed by atoms with Crippen molar-refractivity contribution >= 4 is 5.91 Å². The van der Waals surface area contributed by atoms with Gasteiger partial charge in [-0.15, -0.1) is 0 Å². The highest BCUT2D eigenvalue weighted by atomic mass is 16.5. The number of hydrogen-bond donors (Lipinski definition) is 1. The fraction of sp³-hybridized carbons (Fsp3) is 0.474. The number of aromatic nitrogens is 2. The molecule has 2 aromatic rings. The van der Waals surface area contributed by atoms with E-state index in [9.17, 15) is 4.79 Å². The summed E-state index contributed by atoms with van der Waals surface area (Å²) in [6.07, 6.45) is 2.89. The molecule has 1 N–H and O–H groups in total. The SMILES string of the molecule is Cc1cc([C@@H]2CCCN(C(=O)[C@H]3CCOc4ccccc43)C2)n[nH]1. The molecule has 1 aromatic carbocycles. The zero-order valence-electron chi connectivity index (χ0n) is 14.0. The topological polar surface area (TPSA) is 58.2 Å². The minimum atomic E-state index is -0.0744. The summed E-state index contributed by atoms with van der Waals surface area (Å²) in [6.45, 7) is 4.24. The molecule has 2 atom stereocenters. The van der Waals surface area contributed by atoms with Crippen molar-refractivity contribution in [3.05, 3.63) is 47.3 Å². The number of carbonyl (C=O) groups is 1. The third kappa shape index (κ3) is 2.79. The second kappa shape index (κ2) is 6.30. The first-order valence-corrected chi connectivity index (χ1v) is 8.75. The van der Waals surface area contributed by atoms with Gasteiger partial charge in [-0.05, 0) is 38.3 Å². The van der Waals surface area contributed by atoms with Crippen LogP contribution in [0.4, 0.5) is 0 Å². The predicted molar refractivity (Wildman–Crippen MR) is 91.2 cm³/mol. The summed E-state index contributed by atoms with van der Waals surface area (Å²) in [5.41, 5.74) is 3.19. The molecular weight excluding hydrogens is 302 g/mol. The molecule has 1 saturated heterocycles. The van der Waals surface area contributed by atoms with E-state index in [0.717, 1.165) is 55.1 Å². The molecule has 126 valence electrons. The van der Waals surface area contributed by atoms with Crippen LogP contribution in [0.1, 0.15) is 48.0 Å². The van der Waals surface area contributed by atoms with Crippen molar-refractivity contribution in [2.24, 2.45) is 0 Å². The van der Waals surface area contributed by atoms with Crippen molar-refractivity contribution in [3.8, 4) is 5.75 Å². The molecule has 0 bridgehead atoms. The van der Waals surface area contributed by atoms with E-state index in [0.29, 0.717) is 12.5 Å². The Morgan fingerprint density at radius 3 is 3.04 bits per heavy atom. The Kier molecular flexibility index (Phi) is 4.00. The number of rotatable bonds is 2. The number of ether oxygens (including phenoxy) is 1. The number of piperidine rings is 1. The van der Waals surface area contributed by atoms with E-state index in [2.05, 4.69) is 16.3 Å². The van der Waals surface area contributed by atoms with E-state index < -0.39 is 0 Å². The Bertz CT molecular complexity index is 740. The number of nitrogens with one attached hydrogen (secondary N) is 1. The van der Waals surface area contributed by atoms with Gasteiger partial charge in [-0.3, -0.25) is 9.89 Å². The van der Waals surface area contributed by atoms with E-state index in [4.69, 9.17) is 4.74 Å². The largest absolute Gasteiger partial charge is 0.493 e. The zero-order valence-corrected chi connectivity index (χ0v) is 14.0. The highest BCUT2D eigenvalue weighted by Gasteiger charge is 2.34. The second-order valence-corrected chi connectivity index (χ2v) is 6.83. The molecule has 1 amide bonds. The number of aromatic amines is 1. The lowest BCUT2D eigenvalue weighted by atomic mass is 9.89. The summed E-state index contributed by atoms with van der Waals surface area (Å²) in [6, 6.07) is 10.0. The maximum atomic E-state index is 13.1. The standard InChI is InChI=1S/C19H23N3O2/c1-13-11-17(21-20-13)14-5-4-9-22(12-14)19(23)16-8-10-24-18-7-3-2-6-15(16)18/h2-3,6-7,11,14,16H,4-5,8-10,12H2,1H3,(H,20,21)/t14-,16+/m1/s1. The van der Waals surface area contributed by atoms with Crippen molar-refractivity contribution < 1.29 is 9.53 Å². The quantitative estimate of drug-likeness (QED) is 0.923. The monoisotopic (exact) mass is 325 g/mol. The molecule has 2 aliphatic heterocycles. The highest BCUT2D eigenvalue weighted by molar-refractivity contribution is 5.85. The number of para-hydroxylation sites is 1. The zero-order chi connectivity index (χ0) is 16.5. The average molecular weight is 325 g/mol. The van der Waals surface area contributed by atoms with Crippen molar-refractivity contribution in [2.45, 2.75) is 38.0 Å². The normalized spacial score (nSPS) is 23.5. The Labute approximate surface area is 142 Å². The van der Waals surface area contributed by atoms with E-state index >= 15 is 0 Å². The minimum Gasteiger partial charge on any atom is -0.493 e. The van der Waals surface area contributed by atoms with E-state index in [-0.39, 0.29) is 11.8 Å². The number of fused-ring (bicyclic) bond motifs is 1. The van der Waals surface area contributed by atoms with Gasteiger partial charge in [0.2, 0.25) is 5.91 Å². The molecule has 0 aliphatic carbocycles. The minimum absolute atomic E-state index is 0.0744. The number of benzene rings is 1. The van der Waals surface area contributed by atoms with Crippen molar-refractivity contribution in [2.75, 3.05) is 19.7 Å². The van der Waals surface area contributed by atoms with Gasteiger partial charge in [0.15, 0.2) is 0 Å². The van der Waals surface area contributed by atoms with Crippen LogP contribution in [0, 0.1) is 6.92 Å². The van der Waals surface area contributed by atoms with Crippen LogP contribution in [0.15, 0.2) is 30.3 Å². The molecule has 1 fully saturated rings. The van der Waals surface area contributed by atoms with Crippen LogP contribution >= 0.6 is 0 Å². The first-order chi connectivity index (χ1) is 11.7. The molecule has 0 unspecified atom stereocenters. The molecule has 24 heavy (non-hydrogen) atoms. The van der Waals surface area contributed by atoms with Gasteiger partial charge in [0, 0.05) is 30.3 Å². The van der Waals surface area contributed by atoms with Gasteiger partial charge in [-0.1, -0.05) is 18.2 Å². The highest BCUT2D eigenvalue weighted by Crippen LogP contribution is 2.36. The van der Waals surface area contributed by atoms with Crippen LogP contribution in [-0.2, 0) is 4.79 Å². The van der Waals surface area contributed by atoms with Gasteiger partial charge in [0.25, 0.3) is 0 Å². The van der Waals surface area contributed by atoms with Crippen LogP contribution < -0.4 is 4.74 Å². The lowest BCUT2D eigenvalue weighted by Gasteiger charge is -2.36. The van der Waals surface area contributed by atoms with Crippen LogP contribution in [0.3, 0.4) is 0 Å². The third-order valence-electron chi connectivity index (χ3n) is 5.13. The Balaban J connectivity index is 1.52. The van der Waals surface area contributed by atoms with Crippen molar-refractivity contribution in [1.82, 2.24) is 15.1 Å². The predicted octanol–water partition coefficient (Wildman–Crippen LogP) is 2.99. The summed E-state index contributed by atoms with van der Waals surface area (Å²) in [5, 5.41) is 7.42. The molecule has 1 aromatic heterocycles. The van der Waals surface area contributed by atoms with Gasteiger partial charge < -0.3 is 9.64 Å². The summed E-state index contributed by atoms with van der Waals surface area (Å²) in [4.78, 5) is 15.2. The average Bonchev–Trinajstić information content (AvgIpc) is 3.07. The van der Waals surface area contributed by atoms with Crippen molar-refractivity contribution in [1.29, 1.82) is 0 Å². The molecule has 5 heteroatoms. The van der Waals surface area contributed by atoms with Gasteiger partial charge in [-0.25, -0.2) is 0 Å². The fourth-order valence-electron chi connectivity index (χ4n) is 3.89. The molecule has 3 heterocycles. The van der Waals surface area contributed by atoms with Crippen LogP contribution in [0.5, 0.6) is 5.75 Å².